The molecule has 1 fully saturated rings. The number of amides is 1. The Morgan fingerprint density at radius 1 is 1.62 bits per heavy atom. The van der Waals surface area contributed by atoms with Gasteiger partial charge in [-0.2, -0.15) is 0 Å². The van der Waals surface area contributed by atoms with Gasteiger partial charge in [-0.1, -0.05) is 25.1 Å². The van der Waals surface area contributed by atoms with Gasteiger partial charge in [0.15, 0.2) is 0 Å². The summed E-state index contributed by atoms with van der Waals surface area (Å²) >= 11 is 1.36. The van der Waals surface area contributed by atoms with E-state index in [1.54, 1.807) is 4.68 Å². The topological polar surface area (TPSA) is 81.9 Å². The Morgan fingerprint density at radius 2 is 2.48 bits per heavy atom. The molecule has 0 aliphatic carbocycles. The molecule has 118 valence electrons. The number of nitrogens with one attached hydrogen (secondary N) is 1. The van der Waals surface area contributed by atoms with Gasteiger partial charge in [0.05, 0.1) is 18.4 Å². The molecule has 2 unspecified atom stereocenters. The second-order valence-electron chi connectivity index (χ2n) is 5.32. The minimum absolute atomic E-state index is 0.0209. The van der Waals surface area contributed by atoms with Gasteiger partial charge < -0.3 is 10.1 Å². The average Bonchev–Trinajstić information content (AvgIpc) is 3.09. The number of carbonyl (C=O) groups excluding carboxylic acids is 1. The first-order valence-electron chi connectivity index (χ1n) is 7.49. The maximum Gasteiger partial charge on any atom is 0.230 e. The molecule has 1 aromatic rings. The van der Waals surface area contributed by atoms with Gasteiger partial charge in [0.1, 0.15) is 0 Å². The summed E-state index contributed by atoms with van der Waals surface area (Å²) in [5.74, 6) is 0.354. The molecule has 1 aliphatic heterocycles. The highest BCUT2D eigenvalue weighted by atomic mass is 32.2. The highest BCUT2D eigenvalue weighted by Crippen LogP contribution is 2.18. The van der Waals surface area contributed by atoms with Gasteiger partial charge in [-0.3, -0.25) is 4.79 Å². The first kappa shape index (κ1) is 16.2. The van der Waals surface area contributed by atoms with E-state index in [4.69, 9.17) is 4.74 Å². The van der Waals surface area contributed by atoms with Crippen LogP contribution in [-0.2, 0) is 16.1 Å². The van der Waals surface area contributed by atoms with Gasteiger partial charge in [0.2, 0.25) is 11.1 Å². The minimum Gasteiger partial charge on any atom is -0.376 e. The summed E-state index contributed by atoms with van der Waals surface area (Å²) in [5.41, 5.74) is 0. The number of aromatic nitrogens is 4. The highest BCUT2D eigenvalue weighted by molar-refractivity contribution is 7.99. The fraction of sp³-hybridized carbons (Fsp3) is 0.846. The lowest BCUT2D eigenvalue weighted by molar-refractivity contribution is -0.119. The molecule has 21 heavy (non-hydrogen) atoms. The molecule has 0 aromatic carbocycles. The quantitative estimate of drug-likeness (QED) is 0.727. The molecule has 1 aliphatic rings. The van der Waals surface area contributed by atoms with Crippen LogP contribution >= 0.6 is 11.8 Å². The second kappa shape index (κ2) is 8.33. The Labute approximate surface area is 129 Å². The molecule has 0 spiro atoms. The van der Waals surface area contributed by atoms with Crippen molar-refractivity contribution in [2.24, 2.45) is 0 Å². The van der Waals surface area contributed by atoms with Gasteiger partial charge in [-0.25, -0.2) is 4.68 Å². The third-order valence-electron chi connectivity index (χ3n) is 3.36. The van der Waals surface area contributed by atoms with Crippen molar-refractivity contribution in [3.63, 3.8) is 0 Å². The van der Waals surface area contributed by atoms with Crippen LogP contribution in [0.5, 0.6) is 0 Å². The second-order valence-corrected chi connectivity index (χ2v) is 6.27. The van der Waals surface area contributed by atoms with Crippen LogP contribution in [0.2, 0.25) is 0 Å². The van der Waals surface area contributed by atoms with E-state index in [1.807, 2.05) is 6.92 Å². The van der Waals surface area contributed by atoms with Crippen molar-refractivity contribution in [3.8, 4) is 0 Å². The molecule has 2 rings (SSSR count). The smallest absolute Gasteiger partial charge is 0.230 e. The zero-order valence-electron chi connectivity index (χ0n) is 12.6. The van der Waals surface area contributed by atoms with E-state index in [0.29, 0.717) is 17.5 Å². The number of thioether (sulfide) groups is 1. The van der Waals surface area contributed by atoms with Crippen molar-refractivity contribution >= 4 is 17.7 Å². The SMILES string of the molecule is CCCC(C)NC(=O)CSc1nnnn1CC1CCCO1. The van der Waals surface area contributed by atoms with Gasteiger partial charge >= 0.3 is 0 Å². The van der Waals surface area contributed by atoms with E-state index in [0.717, 1.165) is 32.3 Å². The van der Waals surface area contributed by atoms with Crippen molar-refractivity contribution < 1.29 is 9.53 Å². The average molecular weight is 313 g/mol. The summed E-state index contributed by atoms with van der Waals surface area (Å²) in [6.07, 6.45) is 4.37. The number of carbonyl (C=O) groups is 1. The molecule has 1 aromatic heterocycles. The lowest BCUT2D eigenvalue weighted by Gasteiger charge is -2.12. The summed E-state index contributed by atoms with van der Waals surface area (Å²) < 4.78 is 7.31. The van der Waals surface area contributed by atoms with Crippen LogP contribution in [0.1, 0.15) is 39.5 Å². The molecule has 2 atom stereocenters. The van der Waals surface area contributed by atoms with Crippen LogP contribution in [0.4, 0.5) is 0 Å². The molecule has 1 amide bonds. The van der Waals surface area contributed by atoms with Crippen LogP contribution in [0.15, 0.2) is 5.16 Å². The summed E-state index contributed by atoms with van der Waals surface area (Å²) in [5, 5.41) is 15.3. The van der Waals surface area contributed by atoms with Crippen molar-refractivity contribution in [2.45, 2.75) is 63.4 Å². The largest absolute Gasteiger partial charge is 0.376 e. The van der Waals surface area contributed by atoms with Gasteiger partial charge in [-0.15, -0.1) is 5.10 Å². The van der Waals surface area contributed by atoms with E-state index in [2.05, 4.69) is 27.8 Å². The van der Waals surface area contributed by atoms with Gasteiger partial charge in [-0.05, 0) is 36.6 Å². The van der Waals surface area contributed by atoms with E-state index >= 15 is 0 Å². The Bertz CT molecular complexity index is 448. The maximum atomic E-state index is 11.8. The first-order valence-corrected chi connectivity index (χ1v) is 8.47. The summed E-state index contributed by atoms with van der Waals surface area (Å²) in [4.78, 5) is 11.8. The molecule has 8 heteroatoms. The van der Waals surface area contributed by atoms with Gasteiger partial charge in [0.25, 0.3) is 0 Å². The summed E-state index contributed by atoms with van der Waals surface area (Å²) in [7, 11) is 0. The molecule has 2 heterocycles. The molecule has 0 radical (unpaired) electrons. The third-order valence-corrected chi connectivity index (χ3v) is 4.32. The highest BCUT2D eigenvalue weighted by Gasteiger charge is 2.19. The number of hydrogen-bond donors (Lipinski definition) is 1. The van der Waals surface area contributed by atoms with E-state index < -0.39 is 0 Å². The van der Waals surface area contributed by atoms with Crippen LogP contribution in [0, 0.1) is 0 Å². The summed E-state index contributed by atoms with van der Waals surface area (Å²) in [6.45, 7) is 5.60. The number of rotatable bonds is 8. The normalized spacial score (nSPS) is 19.6. The number of tetrazole rings is 1. The lowest BCUT2D eigenvalue weighted by Crippen LogP contribution is -2.33. The third kappa shape index (κ3) is 5.28. The van der Waals surface area contributed by atoms with Crippen molar-refractivity contribution in [1.82, 2.24) is 25.5 Å². The van der Waals surface area contributed by atoms with Crippen molar-refractivity contribution in [3.05, 3.63) is 0 Å². The molecule has 7 nitrogen and oxygen atoms in total. The Balaban J connectivity index is 1.77. The van der Waals surface area contributed by atoms with E-state index in [1.165, 1.54) is 11.8 Å². The predicted molar refractivity (Wildman–Crippen MR) is 80.0 cm³/mol. The molecule has 0 bridgehead atoms. The molecule has 0 saturated carbocycles. The fourth-order valence-electron chi connectivity index (χ4n) is 2.35. The number of hydrogen-bond acceptors (Lipinski definition) is 6. The predicted octanol–water partition coefficient (Wildman–Crippen LogP) is 1.25. The zero-order chi connectivity index (χ0) is 15.1. The van der Waals surface area contributed by atoms with Gasteiger partial charge in [0, 0.05) is 12.6 Å². The maximum absolute atomic E-state index is 11.8. The first-order chi connectivity index (χ1) is 10.2. The fourth-order valence-corrected chi connectivity index (χ4v) is 3.05. The Morgan fingerprint density at radius 3 is 3.19 bits per heavy atom. The van der Waals surface area contributed by atoms with Crippen LogP contribution in [0.25, 0.3) is 0 Å². The summed E-state index contributed by atoms with van der Waals surface area (Å²) in [6, 6.07) is 0.214. The van der Waals surface area contributed by atoms with E-state index in [9.17, 15) is 4.79 Å². The minimum atomic E-state index is 0.0209. The lowest BCUT2D eigenvalue weighted by atomic mass is 10.2. The zero-order valence-corrected chi connectivity index (χ0v) is 13.4. The number of nitrogens with zero attached hydrogens (tertiary/aromatic N) is 4. The molecular weight excluding hydrogens is 290 g/mol. The van der Waals surface area contributed by atoms with Crippen molar-refractivity contribution in [2.75, 3.05) is 12.4 Å². The van der Waals surface area contributed by atoms with E-state index in [-0.39, 0.29) is 18.1 Å². The molecule has 1 saturated heterocycles. The van der Waals surface area contributed by atoms with Crippen molar-refractivity contribution in [1.29, 1.82) is 0 Å². The Kier molecular flexibility index (Phi) is 6.44. The van der Waals surface area contributed by atoms with Crippen LogP contribution in [-0.4, -0.2) is 50.6 Å². The monoisotopic (exact) mass is 313 g/mol. The molecular formula is C13H23N5O2S. The number of ether oxygens (including phenoxy) is 1. The molecule has 1 N–H and O–H groups in total. The van der Waals surface area contributed by atoms with Crippen LogP contribution in [0.3, 0.4) is 0 Å². The Hall–Kier alpha value is -1.15. The van der Waals surface area contributed by atoms with Crippen LogP contribution < -0.4 is 5.32 Å². The standard InChI is InChI=1S/C13H23N5O2S/c1-3-5-10(2)14-12(19)9-21-13-15-16-17-18(13)8-11-6-4-7-20-11/h10-11H,3-9H2,1-2H3,(H,14,19).